The van der Waals surface area contributed by atoms with Crippen LogP contribution in [0.25, 0.3) is 0 Å². The number of amides is 2. The molecule has 0 aliphatic carbocycles. The highest BCUT2D eigenvalue weighted by Gasteiger charge is 2.28. The van der Waals surface area contributed by atoms with E-state index in [4.69, 9.17) is 11.6 Å². The minimum absolute atomic E-state index is 0.101. The van der Waals surface area contributed by atoms with Crippen molar-refractivity contribution in [3.8, 4) is 0 Å². The molecule has 1 aliphatic heterocycles. The summed E-state index contributed by atoms with van der Waals surface area (Å²) in [6.45, 7) is 0.396. The van der Waals surface area contributed by atoms with E-state index in [1.54, 1.807) is 42.5 Å². The average molecular weight is 394 g/mol. The molecule has 26 heavy (non-hydrogen) atoms. The predicted octanol–water partition coefficient (Wildman–Crippen LogP) is 2.46. The van der Waals surface area contributed by atoms with E-state index < -0.39 is 21.8 Å². The van der Waals surface area contributed by atoms with Crippen LogP contribution in [0.4, 0.5) is 17.1 Å². The standard InChI is InChI=1S/C17H16ClN3O4S/c18-14-7-1-2-8-15(14)20-17(23)16(22)19-12-5-3-6-13(11-12)21-9-4-10-26(21,24)25/h1-3,5-8,11H,4,9-10H2,(H,19,22)(H,20,23). The van der Waals surface area contributed by atoms with Gasteiger partial charge in [-0.25, -0.2) is 8.42 Å². The Hall–Kier alpha value is -2.58. The van der Waals surface area contributed by atoms with Crippen molar-refractivity contribution < 1.29 is 18.0 Å². The number of carbonyl (C=O) groups excluding carboxylic acids is 2. The van der Waals surface area contributed by atoms with Crippen LogP contribution in [0, 0.1) is 0 Å². The van der Waals surface area contributed by atoms with Crippen LogP contribution in [0.5, 0.6) is 0 Å². The lowest BCUT2D eigenvalue weighted by Gasteiger charge is -2.17. The van der Waals surface area contributed by atoms with Gasteiger partial charge in [0.2, 0.25) is 10.0 Å². The number of benzene rings is 2. The van der Waals surface area contributed by atoms with Gasteiger partial charge in [-0.15, -0.1) is 0 Å². The monoisotopic (exact) mass is 393 g/mol. The number of nitrogens with one attached hydrogen (secondary N) is 2. The van der Waals surface area contributed by atoms with Crippen molar-refractivity contribution in [1.82, 2.24) is 0 Å². The average Bonchev–Trinajstić information content (AvgIpc) is 2.96. The third kappa shape index (κ3) is 3.97. The summed E-state index contributed by atoms with van der Waals surface area (Å²) in [6.07, 6.45) is 0.555. The number of halogens is 1. The maximum atomic E-state index is 12.1. The Bertz CT molecular complexity index is 962. The van der Waals surface area contributed by atoms with Crippen molar-refractivity contribution in [1.29, 1.82) is 0 Å². The van der Waals surface area contributed by atoms with Gasteiger partial charge in [-0.3, -0.25) is 13.9 Å². The van der Waals surface area contributed by atoms with Gasteiger partial charge in [-0.1, -0.05) is 29.8 Å². The van der Waals surface area contributed by atoms with Crippen LogP contribution in [0.1, 0.15) is 6.42 Å². The number of carbonyl (C=O) groups is 2. The molecule has 1 fully saturated rings. The number of rotatable bonds is 3. The van der Waals surface area contributed by atoms with Gasteiger partial charge >= 0.3 is 11.8 Å². The minimum atomic E-state index is -3.32. The van der Waals surface area contributed by atoms with Gasteiger partial charge < -0.3 is 10.6 Å². The zero-order valence-electron chi connectivity index (χ0n) is 13.6. The van der Waals surface area contributed by atoms with Crippen molar-refractivity contribution >= 4 is 50.5 Å². The molecule has 0 saturated carbocycles. The van der Waals surface area contributed by atoms with Gasteiger partial charge in [-0.2, -0.15) is 0 Å². The van der Waals surface area contributed by atoms with Crippen molar-refractivity contribution in [2.45, 2.75) is 6.42 Å². The van der Waals surface area contributed by atoms with Crippen LogP contribution in [0.15, 0.2) is 48.5 Å². The van der Waals surface area contributed by atoms with E-state index in [9.17, 15) is 18.0 Å². The Morgan fingerprint density at radius 3 is 2.42 bits per heavy atom. The van der Waals surface area contributed by atoms with E-state index in [0.717, 1.165) is 0 Å². The van der Waals surface area contributed by atoms with E-state index in [1.165, 1.54) is 10.4 Å². The summed E-state index contributed by atoms with van der Waals surface area (Å²) in [5.41, 5.74) is 1.10. The van der Waals surface area contributed by atoms with Crippen LogP contribution < -0.4 is 14.9 Å². The van der Waals surface area contributed by atoms with Gasteiger partial charge in [0.1, 0.15) is 0 Å². The second-order valence-corrected chi connectivity index (χ2v) is 8.10. The molecule has 7 nitrogen and oxygen atoms in total. The first-order valence-electron chi connectivity index (χ1n) is 7.84. The molecule has 2 aromatic rings. The predicted molar refractivity (Wildman–Crippen MR) is 101 cm³/mol. The smallest absolute Gasteiger partial charge is 0.314 e. The molecule has 1 saturated heterocycles. The lowest BCUT2D eigenvalue weighted by Crippen LogP contribution is -2.29. The molecule has 0 bridgehead atoms. The third-order valence-corrected chi connectivity index (χ3v) is 6.02. The molecule has 0 spiro atoms. The van der Waals surface area contributed by atoms with E-state index in [-0.39, 0.29) is 5.75 Å². The summed E-state index contributed by atoms with van der Waals surface area (Å²) in [5.74, 6) is -1.66. The maximum Gasteiger partial charge on any atom is 0.314 e. The third-order valence-electron chi connectivity index (χ3n) is 3.82. The fourth-order valence-corrected chi connectivity index (χ4v) is 4.34. The Labute approximate surface area is 156 Å². The topological polar surface area (TPSA) is 95.6 Å². The zero-order chi connectivity index (χ0) is 18.7. The van der Waals surface area contributed by atoms with Gasteiger partial charge in [0.05, 0.1) is 22.2 Å². The molecule has 1 heterocycles. The lowest BCUT2D eigenvalue weighted by atomic mass is 10.2. The molecule has 0 radical (unpaired) electrons. The Morgan fingerprint density at radius 1 is 1.00 bits per heavy atom. The summed E-state index contributed by atoms with van der Waals surface area (Å²) in [4.78, 5) is 24.1. The largest absolute Gasteiger partial charge is 0.318 e. The first kappa shape index (κ1) is 18.2. The van der Waals surface area contributed by atoms with Gasteiger partial charge in [-0.05, 0) is 36.8 Å². The highest BCUT2D eigenvalue weighted by atomic mass is 35.5. The number of hydrogen-bond acceptors (Lipinski definition) is 4. The van der Waals surface area contributed by atoms with Crippen molar-refractivity contribution in [2.75, 3.05) is 27.2 Å². The Balaban J connectivity index is 1.71. The normalized spacial score (nSPS) is 15.5. The number of para-hydroxylation sites is 1. The fraction of sp³-hybridized carbons (Fsp3) is 0.176. The fourth-order valence-electron chi connectivity index (χ4n) is 2.60. The molecule has 2 amide bonds. The van der Waals surface area contributed by atoms with E-state index >= 15 is 0 Å². The first-order valence-corrected chi connectivity index (χ1v) is 9.83. The summed E-state index contributed by atoms with van der Waals surface area (Å²) < 4.78 is 25.3. The van der Waals surface area contributed by atoms with Gasteiger partial charge in [0.25, 0.3) is 0 Å². The van der Waals surface area contributed by atoms with Crippen LogP contribution in [0.3, 0.4) is 0 Å². The number of nitrogens with zero attached hydrogens (tertiary/aromatic N) is 1. The van der Waals surface area contributed by atoms with Crippen LogP contribution >= 0.6 is 11.6 Å². The van der Waals surface area contributed by atoms with E-state index in [2.05, 4.69) is 10.6 Å². The molecule has 1 aliphatic rings. The molecule has 2 aromatic carbocycles. The molecule has 3 rings (SSSR count). The second kappa shape index (κ2) is 7.35. The minimum Gasteiger partial charge on any atom is -0.318 e. The Kier molecular flexibility index (Phi) is 5.15. The van der Waals surface area contributed by atoms with Crippen molar-refractivity contribution in [3.05, 3.63) is 53.6 Å². The molecule has 2 N–H and O–H groups in total. The highest BCUT2D eigenvalue weighted by Crippen LogP contribution is 2.26. The van der Waals surface area contributed by atoms with Crippen LogP contribution in [-0.4, -0.2) is 32.5 Å². The van der Waals surface area contributed by atoms with Gasteiger partial charge in [0.15, 0.2) is 0 Å². The van der Waals surface area contributed by atoms with Crippen molar-refractivity contribution in [3.63, 3.8) is 0 Å². The number of anilines is 3. The second-order valence-electron chi connectivity index (χ2n) is 5.68. The quantitative estimate of drug-likeness (QED) is 0.783. The van der Waals surface area contributed by atoms with Crippen LogP contribution in [0.2, 0.25) is 5.02 Å². The number of hydrogen-bond donors (Lipinski definition) is 2. The molecule has 9 heteroatoms. The maximum absolute atomic E-state index is 12.1. The molecule has 0 atom stereocenters. The molecule has 0 aromatic heterocycles. The SMILES string of the molecule is O=C(Nc1cccc(N2CCCS2(=O)=O)c1)C(=O)Nc1ccccc1Cl. The number of sulfonamides is 1. The first-order chi connectivity index (χ1) is 12.4. The van der Waals surface area contributed by atoms with E-state index in [1.807, 2.05) is 0 Å². The molecular weight excluding hydrogens is 378 g/mol. The molecular formula is C17H16ClN3O4S. The summed E-state index contributed by atoms with van der Waals surface area (Å²) in [6, 6.07) is 12.9. The van der Waals surface area contributed by atoms with E-state index in [0.29, 0.717) is 35.1 Å². The summed E-state index contributed by atoms with van der Waals surface area (Å²) >= 11 is 5.94. The molecule has 0 unspecified atom stereocenters. The lowest BCUT2D eigenvalue weighted by molar-refractivity contribution is -0.132. The summed E-state index contributed by atoms with van der Waals surface area (Å²) in [5, 5.41) is 5.20. The highest BCUT2D eigenvalue weighted by molar-refractivity contribution is 7.93. The van der Waals surface area contributed by atoms with Gasteiger partial charge in [0, 0.05) is 12.2 Å². The molecule has 136 valence electrons. The van der Waals surface area contributed by atoms with Crippen molar-refractivity contribution in [2.24, 2.45) is 0 Å². The summed E-state index contributed by atoms with van der Waals surface area (Å²) in [7, 11) is -3.32. The Morgan fingerprint density at radius 2 is 1.73 bits per heavy atom. The van der Waals surface area contributed by atoms with Crippen LogP contribution in [-0.2, 0) is 19.6 Å². The zero-order valence-corrected chi connectivity index (χ0v) is 15.2.